The van der Waals surface area contributed by atoms with Crippen LogP contribution in [-0.4, -0.2) is 61.2 Å². The fraction of sp³-hybridized carbons (Fsp3) is 1.00. The maximum atomic E-state index is 3.45. The van der Waals surface area contributed by atoms with Gasteiger partial charge in [-0.25, -0.2) is 0 Å². The second kappa shape index (κ2) is 4.40. The van der Waals surface area contributed by atoms with Gasteiger partial charge in [0.2, 0.25) is 0 Å². The van der Waals surface area contributed by atoms with Gasteiger partial charge in [-0.1, -0.05) is 0 Å². The lowest BCUT2D eigenvalue weighted by atomic mass is 9.98. The van der Waals surface area contributed by atoms with Gasteiger partial charge in [0.15, 0.2) is 0 Å². The molecule has 0 aliphatic carbocycles. The molecule has 86 valence electrons. The van der Waals surface area contributed by atoms with Gasteiger partial charge in [0.25, 0.3) is 0 Å². The van der Waals surface area contributed by atoms with Crippen LogP contribution in [0.3, 0.4) is 0 Å². The van der Waals surface area contributed by atoms with Crippen LogP contribution in [0.2, 0.25) is 0 Å². The minimum Gasteiger partial charge on any atom is -0.317 e. The minimum atomic E-state index is 0.894. The van der Waals surface area contributed by atoms with Crippen LogP contribution < -0.4 is 5.32 Å². The van der Waals surface area contributed by atoms with Crippen LogP contribution in [0.15, 0.2) is 0 Å². The first-order chi connectivity index (χ1) is 7.43. The number of rotatable bonds is 2. The van der Waals surface area contributed by atoms with Crippen LogP contribution in [0.1, 0.15) is 25.7 Å². The molecule has 3 aliphatic heterocycles. The van der Waals surface area contributed by atoms with Crippen molar-refractivity contribution in [2.45, 2.75) is 37.8 Å². The van der Waals surface area contributed by atoms with Crippen molar-refractivity contribution < 1.29 is 0 Å². The predicted octanol–water partition coefficient (Wildman–Crippen LogP) is 0.518. The molecular weight excluding hydrogens is 186 g/mol. The van der Waals surface area contributed by atoms with Crippen molar-refractivity contribution in [3.63, 3.8) is 0 Å². The first-order valence-electron chi connectivity index (χ1n) is 6.62. The minimum absolute atomic E-state index is 0.894. The number of nitrogens with zero attached hydrogens (tertiary/aromatic N) is 2. The highest BCUT2D eigenvalue weighted by molar-refractivity contribution is 4.94. The maximum absolute atomic E-state index is 3.45. The molecule has 0 bridgehead atoms. The molecule has 0 aromatic rings. The number of hydrogen-bond donors (Lipinski definition) is 1. The van der Waals surface area contributed by atoms with Crippen molar-refractivity contribution in [3.05, 3.63) is 0 Å². The largest absolute Gasteiger partial charge is 0.317 e. The Hall–Kier alpha value is -0.120. The van der Waals surface area contributed by atoms with Crippen LogP contribution in [0.5, 0.6) is 0 Å². The summed E-state index contributed by atoms with van der Waals surface area (Å²) in [6, 6.07) is 1.80. The van der Waals surface area contributed by atoms with Crippen molar-refractivity contribution in [2.75, 3.05) is 39.3 Å². The molecule has 0 spiro atoms. The summed E-state index contributed by atoms with van der Waals surface area (Å²) in [4.78, 5) is 5.42. The SMILES string of the molecule is C1CCN(C2CN(C3CCNCC3)C2)C1. The average Bonchev–Trinajstić information content (AvgIpc) is 2.70. The Kier molecular flexibility index (Phi) is 2.95. The van der Waals surface area contributed by atoms with Crippen molar-refractivity contribution in [3.8, 4) is 0 Å². The highest BCUT2D eigenvalue weighted by Crippen LogP contribution is 2.24. The third-order valence-electron chi connectivity index (χ3n) is 4.37. The van der Waals surface area contributed by atoms with Gasteiger partial charge in [-0.3, -0.25) is 9.80 Å². The lowest BCUT2D eigenvalue weighted by Gasteiger charge is -2.49. The van der Waals surface area contributed by atoms with E-state index < -0.39 is 0 Å². The zero-order valence-corrected chi connectivity index (χ0v) is 9.62. The Balaban J connectivity index is 1.44. The van der Waals surface area contributed by atoms with Gasteiger partial charge < -0.3 is 5.32 Å². The normalized spacial score (nSPS) is 32.0. The van der Waals surface area contributed by atoms with E-state index in [1.807, 2.05) is 0 Å². The van der Waals surface area contributed by atoms with E-state index in [0.717, 1.165) is 12.1 Å². The molecule has 3 aliphatic rings. The molecule has 1 N–H and O–H groups in total. The van der Waals surface area contributed by atoms with E-state index in [9.17, 15) is 0 Å². The van der Waals surface area contributed by atoms with Crippen LogP contribution in [0.4, 0.5) is 0 Å². The summed E-state index contributed by atoms with van der Waals surface area (Å²) in [5.74, 6) is 0. The molecular formula is C12H23N3. The third-order valence-corrected chi connectivity index (χ3v) is 4.37. The Morgan fingerprint density at radius 3 is 2.13 bits per heavy atom. The van der Waals surface area contributed by atoms with E-state index >= 15 is 0 Å². The second-order valence-corrected chi connectivity index (χ2v) is 5.33. The second-order valence-electron chi connectivity index (χ2n) is 5.33. The lowest BCUT2D eigenvalue weighted by Crippen LogP contribution is -2.62. The van der Waals surface area contributed by atoms with Gasteiger partial charge in [0.1, 0.15) is 0 Å². The molecule has 0 radical (unpaired) electrons. The maximum Gasteiger partial charge on any atom is 0.0350 e. The van der Waals surface area contributed by atoms with Gasteiger partial charge in [0.05, 0.1) is 0 Å². The Morgan fingerprint density at radius 2 is 1.47 bits per heavy atom. The summed E-state index contributed by atoms with van der Waals surface area (Å²) in [6.07, 6.45) is 5.60. The molecule has 15 heavy (non-hydrogen) atoms. The van der Waals surface area contributed by atoms with Crippen molar-refractivity contribution in [1.82, 2.24) is 15.1 Å². The molecule has 0 amide bonds. The Morgan fingerprint density at radius 1 is 0.800 bits per heavy atom. The van der Waals surface area contributed by atoms with E-state index in [2.05, 4.69) is 15.1 Å². The first kappa shape index (κ1) is 10.1. The van der Waals surface area contributed by atoms with E-state index in [0.29, 0.717) is 0 Å². The van der Waals surface area contributed by atoms with Crippen molar-refractivity contribution >= 4 is 0 Å². The van der Waals surface area contributed by atoms with Gasteiger partial charge in [-0.05, 0) is 51.9 Å². The van der Waals surface area contributed by atoms with Crippen LogP contribution >= 0.6 is 0 Å². The van der Waals surface area contributed by atoms with Gasteiger partial charge >= 0.3 is 0 Å². The average molecular weight is 209 g/mol. The summed E-state index contributed by atoms with van der Waals surface area (Å²) in [6.45, 7) is 7.90. The van der Waals surface area contributed by atoms with Gasteiger partial charge in [-0.2, -0.15) is 0 Å². The molecule has 0 atom stereocenters. The molecule has 0 aromatic heterocycles. The van der Waals surface area contributed by atoms with E-state index in [1.54, 1.807) is 0 Å². The monoisotopic (exact) mass is 209 g/mol. The molecule has 3 rings (SSSR count). The molecule has 0 unspecified atom stereocenters. The summed E-state index contributed by atoms with van der Waals surface area (Å²) < 4.78 is 0. The topological polar surface area (TPSA) is 18.5 Å². The lowest BCUT2D eigenvalue weighted by molar-refractivity contribution is 0.00593. The number of hydrogen-bond acceptors (Lipinski definition) is 3. The molecule has 3 heterocycles. The number of likely N-dealkylation sites (tertiary alicyclic amines) is 2. The highest BCUT2D eigenvalue weighted by atomic mass is 15.3. The Bertz CT molecular complexity index is 201. The predicted molar refractivity (Wildman–Crippen MR) is 62.1 cm³/mol. The van der Waals surface area contributed by atoms with E-state index in [-0.39, 0.29) is 0 Å². The quantitative estimate of drug-likeness (QED) is 0.715. The number of nitrogens with one attached hydrogen (secondary N) is 1. The number of piperidine rings is 1. The molecule has 3 heteroatoms. The van der Waals surface area contributed by atoms with Crippen LogP contribution in [0.25, 0.3) is 0 Å². The molecule has 3 fully saturated rings. The standard InChI is InChI=1S/C12H23N3/c1-2-8-14(7-1)12-9-15(10-12)11-3-5-13-6-4-11/h11-13H,1-10H2. The summed E-state index contributed by atoms with van der Waals surface area (Å²) >= 11 is 0. The Labute approximate surface area is 92.8 Å². The third kappa shape index (κ3) is 2.05. The molecule has 0 saturated carbocycles. The van der Waals surface area contributed by atoms with Gasteiger partial charge in [0, 0.05) is 25.2 Å². The van der Waals surface area contributed by atoms with Crippen molar-refractivity contribution in [2.24, 2.45) is 0 Å². The van der Waals surface area contributed by atoms with E-state index in [4.69, 9.17) is 0 Å². The first-order valence-corrected chi connectivity index (χ1v) is 6.62. The molecule has 0 aromatic carbocycles. The zero-order chi connectivity index (χ0) is 10.1. The smallest absolute Gasteiger partial charge is 0.0350 e. The fourth-order valence-corrected chi connectivity index (χ4v) is 3.30. The zero-order valence-electron chi connectivity index (χ0n) is 9.62. The summed E-state index contributed by atoms with van der Waals surface area (Å²) in [5, 5.41) is 3.45. The van der Waals surface area contributed by atoms with Crippen LogP contribution in [0, 0.1) is 0 Å². The summed E-state index contributed by atoms with van der Waals surface area (Å²) in [5.41, 5.74) is 0. The van der Waals surface area contributed by atoms with Gasteiger partial charge in [-0.15, -0.1) is 0 Å². The molecule has 3 saturated heterocycles. The van der Waals surface area contributed by atoms with Crippen LogP contribution in [-0.2, 0) is 0 Å². The van der Waals surface area contributed by atoms with E-state index in [1.165, 1.54) is 65.0 Å². The van der Waals surface area contributed by atoms with Crippen molar-refractivity contribution in [1.29, 1.82) is 0 Å². The fourth-order valence-electron chi connectivity index (χ4n) is 3.30. The molecule has 3 nitrogen and oxygen atoms in total. The summed E-state index contributed by atoms with van der Waals surface area (Å²) in [7, 11) is 0. The highest BCUT2D eigenvalue weighted by Gasteiger charge is 2.36.